The van der Waals surface area contributed by atoms with Crippen LogP contribution >= 0.6 is 0 Å². The molecule has 0 aliphatic carbocycles. The third-order valence-corrected chi connectivity index (χ3v) is 6.64. The number of nitrogens with one attached hydrogen (secondary N) is 2. The van der Waals surface area contributed by atoms with Crippen LogP contribution in [0.25, 0.3) is 0 Å². The second-order valence-corrected chi connectivity index (χ2v) is 11.8. The van der Waals surface area contributed by atoms with Gasteiger partial charge < -0.3 is 25.4 Å². The summed E-state index contributed by atoms with van der Waals surface area (Å²) in [5.74, 6) is -0.405. The Labute approximate surface area is 229 Å². The van der Waals surface area contributed by atoms with E-state index in [1.807, 2.05) is 45.9 Å². The van der Waals surface area contributed by atoms with Gasteiger partial charge in [0.05, 0.1) is 6.61 Å². The van der Waals surface area contributed by atoms with Gasteiger partial charge in [-0.05, 0) is 90.3 Å². The normalized spacial score (nSPS) is 14.8. The van der Waals surface area contributed by atoms with Gasteiger partial charge in [0.2, 0.25) is 11.8 Å². The molecule has 0 aromatic heterocycles. The molecule has 216 valence electrons. The zero-order valence-corrected chi connectivity index (χ0v) is 25.2. The van der Waals surface area contributed by atoms with Crippen LogP contribution in [-0.4, -0.2) is 58.2 Å². The summed E-state index contributed by atoms with van der Waals surface area (Å²) < 4.78 is 5.34. The number of benzene rings is 1. The molecule has 3 N–H and O–H groups in total. The number of aliphatic hydroxyl groups is 1. The zero-order chi connectivity index (χ0) is 29.2. The first kappa shape index (κ1) is 33.4. The molecule has 8 nitrogen and oxygen atoms in total. The lowest BCUT2D eigenvalue weighted by Gasteiger charge is -2.39. The van der Waals surface area contributed by atoms with E-state index >= 15 is 0 Å². The van der Waals surface area contributed by atoms with Gasteiger partial charge in [-0.1, -0.05) is 45.4 Å². The Morgan fingerprint density at radius 1 is 1.00 bits per heavy atom. The van der Waals surface area contributed by atoms with Gasteiger partial charge in [-0.3, -0.25) is 9.59 Å². The van der Waals surface area contributed by atoms with E-state index in [9.17, 15) is 19.5 Å². The molecule has 0 fully saturated rings. The van der Waals surface area contributed by atoms with Crippen LogP contribution in [0.2, 0.25) is 0 Å². The smallest absolute Gasteiger partial charge is 0.408 e. The number of aliphatic hydroxyl groups excluding tert-OH is 1. The van der Waals surface area contributed by atoms with Crippen LogP contribution in [0.4, 0.5) is 4.79 Å². The van der Waals surface area contributed by atoms with Crippen molar-refractivity contribution < 1.29 is 24.2 Å². The second-order valence-electron chi connectivity index (χ2n) is 11.8. The molecule has 0 heterocycles. The lowest BCUT2D eigenvalue weighted by molar-refractivity contribution is -0.146. The highest BCUT2D eigenvalue weighted by molar-refractivity contribution is 5.92. The number of rotatable bonds is 13. The van der Waals surface area contributed by atoms with E-state index in [0.717, 1.165) is 36.0 Å². The van der Waals surface area contributed by atoms with E-state index in [-0.39, 0.29) is 18.0 Å². The first-order valence-electron chi connectivity index (χ1n) is 13.9. The molecule has 0 aliphatic rings. The van der Waals surface area contributed by atoms with Crippen molar-refractivity contribution in [1.82, 2.24) is 15.5 Å². The van der Waals surface area contributed by atoms with Crippen LogP contribution in [0.5, 0.6) is 0 Å². The molecule has 1 aromatic carbocycles. The maximum Gasteiger partial charge on any atom is 0.408 e. The van der Waals surface area contributed by atoms with Gasteiger partial charge in [0, 0.05) is 12.1 Å². The summed E-state index contributed by atoms with van der Waals surface area (Å²) in [6.45, 7) is 18.6. The van der Waals surface area contributed by atoms with Crippen molar-refractivity contribution in [3.63, 3.8) is 0 Å². The first-order valence-corrected chi connectivity index (χ1v) is 13.9. The zero-order valence-electron chi connectivity index (χ0n) is 25.2. The van der Waals surface area contributed by atoms with Crippen LogP contribution < -0.4 is 10.6 Å². The number of carbonyl (C=O) groups is 3. The molecule has 0 bridgehead atoms. The summed E-state index contributed by atoms with van der Waals surface area (Å²) in [5, 5.41) is 15.8. The Hall–Kier alpha value is -2.61. The minimum Gasteiger partial charge on any atom is -0.444 e. The Kier molecular flexibility index (Phi) is 13.3. The molecule has 4 atom stereocenters. The molecule has 0 aliphatic heterocycles. The maximum absolute atomic E-state index is 14.1. The predicted molar refractivity (Wildman–Crippen MR) is 152 cm³/mol. The van der Waals surface area contributed by atoms with Crippen LogP contribution in [0, 0.1) is 19.8 Å². The highest BCUT2D eigenvalue weighted by Crippen LogP contribution is 2.31. The second kappa shape index (κ2) is 15.1. The number of hydrogen-bond acceptors (Lipinski definition) is 5. The molecule has 0 spiro atoms. The molecule has 4 unspecified atom stereocenters. The number of amides is 3. The lowest BCUT2D eigenvalue weighted by atomic mass is 9.92. The van der Waals surface area contributed by atoms with Crippen molar-refractivity contribution in [1.29, 1.82) is 0 Å². The average molecular weight is 534 g/mol. The highest BCUT2D eigenvalue weighted by atomic mass is 16.6. The van der Waals surface area contributed by atoms with Gasteiger partial charge in [-0.15, -0.1) is 0 Å². The first-order chi connectivity index (χ1) is 17.6. The summed E-state index contributed by atoms with van der Waals surface area (Å²) in [6, 6.07) is 3.13. The summed E-state index contributed by atoms with van der Waals surface area (Å²) in [4.78, 5) is 42.1. The van der Waals surface area contributed by atoms with Crippen molar-refractivity contribution in [2.75, 3.05) is 6.61 Å². The number of ether oxygens (including phenoxy) is 1. The fourth-order valence-corrected chi connectivity index (χ4v) is 4.44. The summed E-state index contributed by atoms with van der Waals surface area (Å²) in [6.07, 6.45) is 2.43. The van der Waals surface area contributed by atoms with Crippen molar-refractivity contribution in [3.8, 4) is 0 Å². The van der Waals surface area contributed by atoms with Gasteiger partial charge in [0.1, 0.15) is 17.7 Å². The molecular weight excluding hydrogens is 482 g/mol. The van der Waals surface area contributed by atoms with Gasteiger partial charge in [0.15, 0.2) is 0 Å². The number of hydrogen-bond donors (Lipinski definition) is 3. The Bertz CT molecular complexity index is 925. The largest absolute Gasteiger partial charge is 0.444 e. The topological polar surface area (TPSA) is 108 Å². The lowest BCUT2D eigenvalue weighted by Crippen LogP contribution is -2.57. The molecule has 0 saturated heterocycles. The maximum atomic E-state index is 14.1. The summed E-state index contributed by atoms with van der Waals surface area (Å²) in [7, 11) is 0. The molecule has 1 aromatic rings. The predicted octanol–water partition coefficient (Wildman–Crippen LogP) is 5.19. The van der Waals surface area contributed by atoms with E-state index in [4.69, 9.17) is 4.74 Å². The van der Waals surface area contributed by atoms with E-state index in [2.05, 4.69) is 31.4 Å². The fourth-order valence-electron chi connectivity index (χ4n) is 4.44. The standard InChI is InChI=1S/C30H51N3O5/c1-11-13-21(5)31-27(35)26(24-15-12-14-20(4)23(24)7)33(22(6)17-16-19(2)3)28(36)25(18-34)32-29(37)38-30(8,9)10/h12,14-15,19,21-22,25-26,34H,11,13,16-18H2,1-10H3,(H,31,35)(H,32,37). The van der Waals surface area contributed by atoms with E-state index in [1.54, 1.807) is 25.7 Å². The molecule has 38 heavy (non-hydrogen) atoms. The number of aryl methyl sites for hydroxylation is 1. The monoisotopic (exact) mass is 533 g/mol. The van der Waals surface area contributed by atoms with Crippen molar-refractivity contribution in [2.24, 2.45) is 5.92 Å². The average Bonchev–Trinajstić information content (AvgIpc) is 2.80. The number of alkyl carbamates (subject to hydrolysis) is 1. The molecule has 3 amide bonds. The van der Waals surface area contributed by atoms with E-state index < -0.39 is 36.3 Å². The van der Waals surface area contributed by atoms with Gasteiger partial charge in [-0.25, -0.2) is 4.79 Å². The van der Waals surface area contributed by atoms with Crippen molar-refractivity contribution >= 4 is 17.9 Å². The van der Waals surface area contributed by atoms with Crippen LogP contribution in [0.1, 0.15) is 104 Å². The fraction of sp³-hybridized carbons (Fsp3) is 0.700. The van der Waals surface area contributed by atoms with Crippen LogP contribution in [0.3, 0.4) is 0 Å². The highest BCUT2D eigenvalue weighted by Gasteiger charge is 2.39. The van der Waals surface area contributed by atoms with Crippen molar-refractivity contribution in [2.45, 2.75) is 125 Å². The Balaban J connectivity index is 3.62. The number of carbonyl (C=O) groups excluding carboxylic acids is 3. The Morgan fingerprint density at radius 3 is 2.16 bits per heavy atom. The van der Waals surface area contributed by atoms with Gasteiger partial charge >= 0.3 is 6.09 Å². The molecule has 8 heteroatoms. The van der Waals surface area contributed by atoms with Crippen LogP contribution in [-0.2, 0) is 14.3 Å². The number of nitrogens with zero attached hydrogens (tertiary/aromatic N) is 1. The molecule has 0 saturated carbocycles. The van der Waals surface area contributed by atoms with E-state index in [1.165, 1.54) is 0 Å². The molecule has 0 radical (unpaired) electrons. The third kappa shape index (κ3) is 10.3. The molecular formula is C30H51N3O5. The van der Waals surface area contributed by atoms with Gasteiger partial charge in [-0.2, -0.15) is 0 Å². The summed E-state index contributed by atoms with van der Waals surface area (Å²) >= 11 is 0. The van der Waals surface area contributed by atoms with Crippen molar-refractivity contribution in [3.05, 3.63) is 34.9 Å². The Morgan fingerprint density at radius 2 is 1.63 bits per heavy atom. The quantitative estimate of drug-likeness (QED) is 0.323. The third-order valence-electron chi connectivity index (χ3n) is 6.64. The summed E-state index contributed by atoms with van der Waals surface area (Å²) in [5.41, 5.74) is 1.89. The SMILES string of the molecule is CCCC(C)NC(=O)C(c1cccc(C)c1C)N(C(=O)C(CO)NC(=O)OC(C)(C)C)C(C)CCC(C)C. The minimum atomic E-state index is -1.26. The minimum absolute atomic E-state index is 0.0726. The van der Waals surface area contributed by atoms with Crippen LogP contribution in [0.15, 0.2) is 18.2 Å². The molecule has 1 rings (SSSR count). The van der Waals surface area contributed by atoms with E-state index in [0.29, 0.717) is 12.3 Å². The van der Waals surface area contributed by atoms with Gasteiger partial charge in [0.25, 0.3) is 0 Å².